The summed E-state index contributed by atoms with van der Waals surface area (Å²) < 4.78 is 0. The first-order valence-electron chi connectivity index (χ1n) is 3.49. The van der Waals surface area contributed by atoms with Crippen molar-refractivity contribution in [3.8, 4) is 6.07 Å². The third-order valence-electron chi connectivity index (χ3n) is 1.62. The van der Waals surface area contributed by atoms with Crippen molar-refractivity contribution in [3.05, 3.63) is 33.3 Å². The van der Waals surface area contributed by atoms with E-state index in [1.54, 1.807) is 6.07 Å². The Morgan fingerprint density at radius 3 is 2.54 bits per heavy atom. The van der Waals surface area contributed by atoms with Gasteiger partial charge in [0.05, 0.1) is 17.5 Å². The van der Waals surface area contributed by atoms with Crippen molar-refractivity contribution < 1.29 is 4.79 Å². The van der Waals surface area contributed by atoms with E-state index in [4.69, 9.17) is 28.5 Å². The summed E-state index contributed by atoms with van der Waals surface area (Å²) in [6.07, 6.45) is 0.703. The molecule has 0 amide bonds. The second-order valence-electron chi connectivity index (χ2n) is 2.37. The molecule has 1 aromatic rings. The van der Waals surface area contributed by atoms with E-state index < -0.39 is 0 Å². The molecule has 0 unspecified atom stereocenters. The van der Waals surface area contributed by atoms with E-state index in [9.17, 15) is 4.79 Å². The average Bonchev–Trinajstić information content (AvgIpc) is 2.12. The van der Waals surface area contributed by atoms with Crippen molar-refractivity contribution in [3.63, 3.8) is 0 Å². The first kappa shape index (κ1) is 10.0. The number of carbonyl (C=O) groups excluding carboxylic acids is 1. The number of rotatable bonds is 2. The van der Waals surface area contributed by atoms with Crippen LogP contribution in [0.1, 0.15) is 15.9 Å². The topological polar surface area (TPSA) is 40.9 Å². The molecule has 1 rings (SSSR count). The predicted molar refractivity (Wildman–Crippen MR) is 51.2 cm³/mol. The maximum atomic E-state index is 10.6. The molecule has 0 aliphatic rings. The van der Waals surface area contributed by atoms with Gasteiger partial charge in [-0.25, -0.2) is 0 Å². The molecule has 0 saturated heterocycles. The van der Waals surface area contributed by atoms with E-state index in [2.05, 4.69) is 0 Å². The molecule has 0 aliphatic heterocycles. The molecule has 13 heavy (non-hydrogen) atoms. The normalized spacial score (nSPS) is 9.31. The molecule has 0 N–H and O–H groups in total. The van der Waals surface area contributed by atoms with Crippen LogP contribution >= 0.6 is 23.2 Å². The molecule has 0 aliphatic carbocycles. The highest BCUT2D eigenvalue weighted by atomic mass is 35.5. The highest BCUT2D eigenvalue weighted by Crippen LogP contribution is 2.25. The van der Waals surface area contributed by atoms with E-state index in [1.165, 1.54) is 6.07 Å². The van der Waals surface area contributed by atoms with Gasteiger partial charge in [0.1, 0.15) is 0 Å². The van der Waals surface area contributed by atoms with Crippen LogP contribution in [0.3, 0.4) is 0 Å². The summed E-state index contributed by atoms with van der Waals surface area (Å²) in [6.45, 7) is 0. The van der Waals surface area contributed by atoms with E-state index in [0.717, 1.165) is 0 Å². The van der Waals surface area contributed by atoms with Gasteiger partial charge in [0.15, 0.2) is 6.29 Å². The van der Waals surface area contributed by atoms with E-state index >= 15 is 0 Å². The van der Waals surface area contributed by atoms with Gasteiger partial charge in [0, 0.05) is 10.6 Å². The summed E-state index contributed by atoms with van der Waals surface area (Å²) in [7, 11) is 0. The summed E-state index contributed by atoms with van der Waals surface area (Å²) in [5.74, 6) is 0. The monoisotopic (exact) mass is 213 g/mol. The lowest BCUT2D eigenvalue weighted by Gasteiger charge is -2.04. The minimum Gasteiger partial charge on any atom is -0.298 e. The third kappa shape index (κ3) is 2.00. The second kappa shape index (κ2) is 4.27. The van der Waals surface area contributed by atoms with Gasteiger partial charge in [-0.05, 0) is 17.7 Å². The first-order chi connectivity index (χ1) is 6.20. The quantitative estimate of drug-likeness (QED) is 0.710. The molecule has 0 bridgehead atoms. The van der Waals surface area contributed by atoms with Crippen LogP contribution in [0.2, 0.25) is 10.0 Å². The van der Waals surface area contributed by atoms with E-state index in [-0.39, 0.29) is 6.42 Å². The Hall–Kier alpha value is -1.04. The summed E-state index contributed by atoms with van der Waals surface area (Å²) in [5, 5.41) is 9.21. The molecule has 0 spiro atoms. The van der Waals surface area contributed by atoms with Crippen molar-refractivity contribution in [2.24, 2.45) is 0 Å². The van der Waals surface area contributed by atoms with Gasteiger partial charge in [0.25, 0.3) is 0 Å². The third-order valence-corrected chi connectivity index (χ3v) is 2.30. The Labute approximate surface area is 85.7 Å². The molecule has 66 valence electrons. The largest absolute Gasteiger partial charge is 0.298 e. The highest BCUT2D eigenvalue weighted by molar-refractivity contribution is 6.35. The molecule has 0 aromatic heterocycles. The standard InChI is InChI=1S/C9H5Cl2NO/c10-8-1-2-9(11)7(5-13)6(8)3-4-12/h1-2,5H,3H2. The summed E-state index contributed by atoms with van der Waals surface area (Å²) >= 11 is 11.5. The smallest absolute Gasteiger partial charge is 0.151 e. The zero-order valence-electron chi connectivity index (χ0n) is 6.55. The molecule has 0 radical (unpaired) electrons. The molecule has 0 saturated carbocycles. The van der Waals surface area contributed by atoms with Gasteiger partial charge in [-0.1, -0.05) is 23.2 Å². The molecule has 4 heteroatoms. The Bertz CT molecular complexity index is 382. The molecule has 1 aromatic carbocycles. The minimum absolute atomic E-state index is 0.0907. The second-order valence-corrected chi connectivity index (χ2v) is 3.19. The van der Waals surface area contributed by atoms with Crippen LogP contribution in [-0.2, 0) is 6.42 Å². The van der Waals surface area contributed by atoms with Crippen LogP contribution in [0.15, 0.2) is 12.1 Å². The molecular weight excluding hydrogens is 209 g/mol. The fraction of sp³-hybridized carbons (Fsp3) is 0.111. The molecular formula is C9H5Cl2NO. The lowest BCUT2D eigenvalue weighted by molar-refractivity contribution is 0.112. The van der Waals surface area contributed by atoms with Crippen molar-refractivity contribution in [1.82, 2.24) is 0 Å². The van der Waals surface area contributed by atoms with Crippen molar-refractivity contribution in [1.29, 1.82) is 5.26 Å². The maximum Gasteiger partial charge on any atom is 0.151 e. The summed E-state index contributed by atoms with van der Waals surface area (Å²) in [5.41, 5.74) is 0.794. The van der Waals surface area contributed by atoms with Crippen molar-refractivity contribution in [2.75, 3.05) is 0 Å². The molecule has 0 fully saturated rings. The van der Waals surface area contributed by atoms with Crippen LogP contribution in [0.25, 0.3) is 0 Å². The lowest BCUT2D eigenvalue weighted by Crippen LogP contribution is -1.93. The zero-order valence-corrected chi connectivity index (χ0v) is 8.06. The fourth-order valence-electron chi connectivity index (χ4n) is 0.996. The number of hydrogen-bond donors (Lipinski definition) is 0. The number of nitrogens with zero attached hydrogens (tertiary/aromatic N) is 1. The number of carbonyl (C=O) groups is 1. The van der Waals surface area contributed by atoms with Gasteiger partial charge in [-0.2, -0.15) is 5.26 Å². The molecule has 0 atom stereocenters. The maximum absolute atomic E-state index is 10.6. The Morgan fingerprint density at radius 1 is 1.38 bits per heavy atom. The fourth-order valence-corrected chi connectivity index (χ4v) is 1.45. The van der Waals surface area contributed by atoms with Gasteiger partial charge in [0.2, 0.25) is 0 Å². The van der Waals surface area contributed by atoms with Crippen LogP contribution < -0.4 is 0 Å². The first-order valence-corrected chi connectivity index (χ1v) is 4.25. The molecule has 0 heterocycles. The summed E-state index contributed by atoms with van der Waals surface area (Å²) in [6, 6.07) is 5.03. The number of halogens is 2. The average molecular weight is 214 g/mol. The lowest BCUT2D eigenvalue weighted by atomic mass is 10.1. The Morgan fingerprint density at radius 2 is 2.00 bits per heavy atom. The Kier molecular flexibility index (Phi) is 3.30. The predicted octanol–water partition coefficient (Wildman–Crippen LogP) is 2.87. The van der Waals surface area contributed by atoms with Crippen LogP contribution in [0.5, 0.6) is 0 Å². The summed E-state index contributed by atoms with van der Waals surface area (Å²) in [4.78, 5) is 10.6. The van der Waals surface area contributed by atoms with Crippen LogP contribution in [0.4, 0.5) is 0 Å². The van der Waals surface area contributed by atoms with Gasteiger partial charge >= 0.3 is 0 Å². The number of nitriles is 1. The number of hydrogen-bond acceptors (Lipinski definition) is 2. The van der Waals surface area contributed by atoms with Crippen LogP contribution in [-0.4, -0.2) is 6.29 Å². The van der Waals surface area contributed by atoms with E-state index in [1.807, 2.05) is 6.07 Å². The van der Waals surface area contributed by atoms with Gasteiger partial charge in [-0.15, -0.1) is 0 Å². The Balaban J connectivity index is 3.36. The SMILES string of the molecule is N#CCc1c(Cl)ccc(Cl)c1C=O. The van der Waals surface area contributed by atoms with Crippen molar-refractivity contribution >= 4 is 29.5 Å². The zero-order chi connectivity index (χ0) is 9.84. The van der Waals surface area contributed by atoms with Gasteiger partial charge < -0.3 is 0 Å². The highest BCUT2D eigenvalue weighted by Gasteiger charge is 2.09. The number of aldehydes is 1. The van der Waals surface area contributed by atoms with E-state index in [0.29, 0.717) is 27.5 Å². The minimum atomic E-state index is 0.0907. The van der Waals surface area contributed by atoms with Crippen molar-refractivity contribution in [2.45, 2.75) is 6.42 Å². The number of benzene rings is 1. The van der Waals surface area contributed by atoms with Gasteiger partial charge in [-0.3, -0.25) is 4.79 Å². The molecule has 2 nitrogen and oxygen atoms in total. The van der Waals surface area contributed by atoms with Crippen LogP contribution in [0, 0.1) is 11.3 Å².